The van der Waals surface area contributed by atoms with Crippen molar-refractivity contribution in [1.29, 1.82) is 0 Å². The first-order valence-electron chi connectivity index (χ1n) is 8.84. The topological polar surface area (TPSA) is 37.2 Å². The van der Waals surface area contributed by atoms with Crippen LogP contribution in [-0.2, 0) is 13.6 Å². The van der Waals surface area contributed by atoms with Gasteiger partial charge in [-0.25, -0.2) is 9.37 Å². The molecular formula is C19H22FN5S. The molecule has 1 fully saturated rings. The number of aryl methyl sites for hydroxylation is 1. The van der Waals surface area contributed by atoms with Crippen LogP contribution in [0.4, 0.5) is 9.52 Å². The van der Waals surface area contributed by atoms with Gasteiger partial charge in [-0.15, -0.1) is 11.3 Å². The SMILES string of the molecule is Cn1cc(CN2CCCN(c3nc(-c4ccc(F)cc4)cs3)CC2)cn1. The van der Waals surface area contributed by atoms with Gasteiger partial charge < -0.3 is 4.90 Å². The Labute approximate surface area is 156 Å². The Morgan fingerprint density at radius 1 is 1.12 bits per heavy atom. The van der Waals surface area contributed by atoms with Crippen molar-refractivity contribution in [3.05, 3.63) is 53.4 Å². The summed E-state index contributed by atoms with van der Waals surface area (Å²) in [5.41, 5.74) is 3.14. The second-order valence-electron chi connectivity index (χ2n) is 6.66. The first-order chi connectivity index (χ1) is 12.7. The molecule has 0 atom stereocenters. The third-order valence-corrected chi connectivity index (χ3v) is 5.56. The molecule has 136 valence electrons. The zero-order valence-electron chi connectivity index (χ0n) is 14.8. The highest BCUT2D eigenvalue weighted by molar-refractivity contribution is 7.14. The maximum atomic E-state index is 13.1. The summed E-state index contributed by atoms with van der Waals surface area (Å²) in [7, 11) is 1.95. The fourth-order valence-corrected chi connectivity index (χ4v) is 4.18. The summed E-state index contributed by atoms with van der Waals surface area (Å²) in [6.07, 6.45) is 5.14. The number of anilines is 1. The van der Waals surface area contributed by atoms with E-state index in [1.807, 2.05) is 17.9 Å². The van der Waals surface area contributed by atoms with Crippen molar-refractivity contribution in [3.63, 3.8) is 0 Å². The molecule has 26 heavy (non-hydrogen) atoms. The Bertz CT molecular complexity index is 857. The molecular weight excluding hydrogens is 349 g/mol. The van der Waals surface area contributed by atoms with Gasteiger partial charge in [-0.3, -0.25) is 9.58 Å². The minimum Gasteiger partial charge on any atom is -0.347 e. The summed E-state index contributed by atoms with van der Waals surface area (Å²) in [6.45, 7) is 5.03. The highest BCUT2D eigenvalue weighted by Gasteiger charge is 2.18. The molecule has 0 aliphatic carbocycles. The van der Waals surface area contributed by atoms with Crippen LogP contribution in [0.2, 0.25) is 0 Å². The van der Waals surface area contributed by atoms with Gasteiger partial charge in [-0.2, -0.15) is 5.10 Å². The second-order valence-corrected chi connectivity index (χ2v) is 7.50. The molecule has 1 aromatic carbocycles. The van der Waals surface area contributed by atoms with Crippen LogP contribution in [0, 0.1) is 5.82 Å². The van der Waals surface area contributed by atoms with Gasteiger partial charge in [0.1, 0.15) is 5.82 Å². The van der Waals surface area contributed by atoms with E-state index < -0.39 is 0 Å². The predicted molar refractivity (Wildman–Crippen MR) is 103 cm³/mol. The lowest BCUT2D eigenvalue weighted by Gasteiger charge is -2.21. The molecule has 0 radical (unpaired) electrons. The van der Waals surface area contributed by atoms with Crippen molar-refractivity contribution in [2.75, 3.05) is 31.1 Å². The Kier molecular flexibility index (Phi) is 4.99. The highest BCUT2D eigenvalue weighted by Crippen LogP contribution is 2.28. The number of benzene rings is 1. The molecule has 0 bridgehead atoms. The minimum absolute atomic E-state index is 0.217. The molecule has 1 aliphatic rings. The van der Waals surface area contributed by atoms with Crippen LogP contribution in [0.3, 0.4) is 0 Å². The number of hydrogen-bond donors (Lipinski definition) is 0. The first-order valence-corrected chi connectivity index (χ1v) is 9.71. The third-order valence-electron chi connectivity index (χ3n) is 4.66. The summed E-state index contributed by atoms with van der Waals surface area (Å²) in [5.74, 6) is -0.217. The lowest BCUT2D eigenvalue weighted by Crippen LogP contribution is -2.30. The molecule has 0 spiro atoms. The zero-order chi connectivity index (χ0) is 17.9. The van der Waals surface area contributed by atoms with Crippen LogP contribution >= 0.6 is 11.3 Å². The molecule has 7 heteroatoms. The van der Waals surface area contributed by atoms with E-state index in [0.29, 0.717) is 0 Å². The van der Waals surface area contributed by atoms with Crippen molar-refractivity contribution < 1.29 is 4.39 Å². The van der Waals surface area contributed by atoms with Crippen molar-refractivity contribution in [2.24, 2.45) is 7.05 Å². The first kappa shape index (κ1) is 17.2. The number of hydrogen-bond acceptors (Lipinski definition) is 5. The van der Waals surface area contributed by atoms with Crippen LogP contribution in [-0.4, -0.2) is 45.8 Å². The van der Waals surface area contributed by atoms with Crippen LogP contribution in [0.25, 0.3) is 11.3 Å². The number of rotatable bonds is 4. The van der Waals surface area contributed by atoms with Crippen molar-refractivity contribution in [1.82, 2.24) is 19.7 Å². The minimum atomic E-state index is -0.217. The largest absolute Gasteiger partial charge is 0.347 e. The molecule has 0 unspecified atom stereocenters. The zero-order valence-corrected chi connectivity index (χ0v) is 15.6. The maximum absolute atomic E-state index is 13.1. The van der Waals surface area contributed by atoms with Crippen molar-refractivity contribution in [2.45, 2.75) is 13.0 Å². The molecule has 4 rings (SSSR count). The lowest BCUT2D eigenvalue weighted by atomic mass is 10.2. The summed E-state index contributed by atoms with van der Waals surface area (Å²) < 4.78 is 15.0. The summed E-state index contributed by atoms with van der Waals surface area (Å²) in [4.78, 5) is 9.62. The fraction of sp³-hybridized carbons (Fsp3) is 0.368. The number of thiazole rings is 1. The second kappa shape index (κ2) is 7.55. The van der Waals surface area contributed by atoms with E-state index in [-0.39, 0.29) is 5.82 Å². The van der Waals surface area contributed by atoms with Gasteiger partial charge >= 0.3 is 0 Å². The van der Waals surface area contributed by atoms with Crippen LogP contribution < -0.4 is 4.90 Å². The van der Waals surface area contributed by atoms with Gasteiger partial charge in [0.25, 0.3) is 0 Å². The summed E-state index contributed by atoms with van der Waals surface area (Å²) >= 11 is 1.66. The van der Waals surface area contributed by atoms with Gasteiger partial charge in [-0.05, 0) is 30.7 Å². The molecule has 0 saturated carbocycles. The molecule has 5 nitrogen and oxygen atoms in total. The monoisotopic (exact) mass is 371 g/mol. The van der Waals surface area contributed by atoms with Gasteiger partial charge in [0.15, 0.2) is 5.13 Å². The predicted octanol–water partition coefficient (Wildman–Crippen LogP) is 3.40. The van der Waals surface area contributed by atoms with E-state index in [1.54, 1.807) is 23.5 Å². The Morgan fingerprint density at radius 2 is 1.96 bits per heavy atom. The molecule has 1 aliphatic heterocycles. The molecule has 2 aromatic heterocycles. The van der Waals surface area contributed by atoms with Gasteiger partial charge in [-0.1, -0.05) is 0 Å². The molecule has 3 heterocycles. The van der Waals surface area contributed by atoms with E-state index in [0.717, 1.165) is 55.5 Å². The van der Waals surface area contributed by atoms with Crippen LogP contribution in [0.15, 0.2) is 42.0 Å². The molecule has 0 amide bonds. The Hall–Kier alpha value is -2.25. The lowest BCUT2D eigenvalue weighted by molar-refractivity contribution is 0.285. The molecule has 1 saturated heterocycles. The third kappa shape index (κ3) is 3.94. The number of aromatic nitrogens is 3. The van der Waals surface area contributed by atoms with E-state index in [4.69, 9.17) is 4.98 Å². The van der Waals surface area contributed by atoms with E-state index >= 15 is 0 Å². The average molecular weight is 371 g/mol. The summed E-state index contributed by atoms with van der Waals surface area (Å²) in [6, 6.07) is 6.53. The van der Waals surface area contributed by atoms with Crippen LogP contribution in [0.1, 0.15) is 12.0 Å². The van der Waals surface area contributed by atoms with Crippen LogP contribution in [0.5, 0.6) is 0 Å². The Morgan fingerprint density at radius 3 is 2.73 bits per heavy atom. The smallest absolute Gasteiger partial charge is 0.185 e. The summed E-state index contributed by atoms with van der Waals surface area (Å²) in [5, 5.41) is 7.36. The van der Waals surface area contributed by atoms with Crippen molar-refractivity contribution in [3.8, 4) is 11.3 Å². The molecule has 3 aromatic rings. The van der Waals surface area contributed by atoms with Gasteiger partial charge in [0.05, 0.1) is 11.9 Å². The van der Waals surface area contributed by atoms with Crippen molar-refractivity contribution >= 4 is 16.5 Å². The average Bonchev–Trinajstić information content (AvgIpc) is 3.21. The standard InChI is InChI=1S/C19H22FN5S/c1-23-12-15(11-21-23)13-24-7-2-8-25(10-9-24)19-22-18(14-26-19)16-3-5-17(20)6-4-16/h3-6,11-12,14H,2,7-10,13H2,1H3. The van der Waals surface area contributed by atoms with Gasteiger partial charge in [0.2, 0.25) is 0 Å². The molecule has 0 N–H and O–H groups in total. The van der Waals surface area contributed by atoms with E-state index in [9.17, 15) is 4.39 Å². The van der Waals surface area contributed by atoms with E-state index in [2.05, 4.69) is 26.5 Å². The number of nitrogens with zero attached hydrogens (tertiary/aromatic N) is 5. The fourth-order valence-electron chi connectivity index (χ4n) is 3.29. The quantitative estimate of drug-likeness (QED) is 0.704. The maximum Gasteiger partial charge on any atom is 0.185 e. The normalized spacial score (nSPS) is 16.0. The van der Waals surface area contributed by atoms with E-state index in [1.165, 1.54) is 17.7 Å². The Balaban J connectivity index is 1.40. The number of halogens is 1. The van der Waals surface area contributed by atoms with Gasteiger partial charge in [0, 0.05) is 62.5 Å². The highest BCUT2D eigenvalue weighted by atomic mass is 32.1.